The van der Waals surface area contributed by atoms with E-state index in [4.69, 9.17) is 10.5 Å². The number of nitrogens with zero attached hydrogens (tertiary/aromatic N) is 2. The molecule has 0 amide bonds. The summed E-state index contributed by atoms with van der Waals surface area (Å²) >= 11 is 0. The van der Waals surface area contributed by atoms with E-state index in [1.165, 1.54) is 0 Å². The molecule has 0 saturated heterocycles. The highest BCUT2D eigenvalue weighted by atomic mass is 16.5. The number of nitrogens with two attached hydrogens (primary N) is 1. The van der Waals surface area contributed by atoms with Gasteiger partial charge in [0.05, 0.1) is 5.69 Å². The Kier molecular flexibility index (Phi) is 3.32. The molecular formula is C13H15N3O2. The quantitative estimate of drug-likeness (QED) is 0.835. The van der Waals surface area contributed by atoms with Crippen molar-refractivity contribution in [2.45, 2.75) is 13.5 Å². The molecule has 0 aliphatic rings. The number of nitrogen functional groups attached to an aromatic ring is 1. The van der Waals surface area contributed by atoms with Gasteiger partial charge in [0.15, 0.2) is 0 Å². The van der Waals surface area contributed by atoms with E-state index in [9.17, 15) is 4.79 Å². The monoisotopic (exact) mass is 245 g/mol. The number of pyridine rings is 1. The van der Waals surface area contributed by atoms with Gasteiger partial charge in [0.1, 0.15) is 12.3 Å². The Bertz CT molecular complexity index is 575. The molecule has 0 saturated carbocycles. The minimum absolute atomic E-state index is 0.207. The average Bonchev–Trinajstić information content (AvgIpc) is 2.66. The lowest BCUT2D eigenvalue weighted by Crippen LogP contribution is -2.09. The topological polar surface area (TPSA) is 70.1 Å². The summed E-state index contributed by atoms with van der Waals surface area (Å²) in [7, 11) is 1.75. The zero-order valence-electron chi connectivity index (χ0n) is 10.4. The minimum Gasteiger partial charge on any atom is -0.456 e. The fourth-order valence-electron chi connectivity index (χ4n) is 1.71. The summed E-state index contributed by atoms with van der Waals surface area (Å²) in [6.45, 7) is 2.15. The second-order valence-corrected chi connectivity index (χ2v) is 4.22. The van der Waals surface area contributed by atoms with Crippen molar-refractivity contribution in [3.63, 3.8) is 0 Å². The Labute approximate surface area is 105 Å². The first kappa shape index (κ1) is 12.2. The number of hydrogen-bond acceptors (Lipinski definition) is 4. The lowest BCUT2D eigenvalue weighted by atomic mass is 10.2. The van der Waals surface area contributed by atoms with Crippen molar-refractivity contribution in [2.75, 3.05) is 5.73 Å². The van der Waals surface area contributed by atoms with Gasteiger partial charge < -0.3 is 15.0 Å². The van der Waals surface area contributed by atoms with E-state index in [-0.39, 0.29) is 6.61 Å². The van der Waals surface area contributed by atoms with Gasteiger partial charge in [0, 0.05) is 31.2 Å². The Balaban J connectivity index is 2.03. The van der Waals surface area contributed by atoms with Crippen LogP contribution in [0.2, 0.25) is 0 Å². The van der Waals surface area contributed by atoms with Crippen molar-refractivity contribution in [3.8, 4) is 0 Å². The van der Waals surface area contributed by atoms with Crippen LogP contribution in [0.25, 0.3) is 0 Å². The maximum Gasteiger partial charge on any atom is 0.355 e. The van der Waals surface area contributed by atoms with Crippen LogP contribution in [0.3, 0.4) is 0 Å². The SMILES string of the molecule is Cc1cncc(COC(=O)c2cc(N)cn2C)c1. The highest BCUT2D eigenvalue weighted by Crippen LogP contribution is 2.11. The molecule has 0 atom stereocenters. The Morgan fingerprint density at radius 1 is 1.44 bits per heavy atom. The molecule has 0 aromatic carbocycles. The Morgan fingerprint density at radius 2 is 2.22 bits per heavy atom. The van der Waals surface area contributed by atoms with Gasteiger partial charge in [-0.25, -0.2) is 4.79 Å². The van der Waals surface area contributed by atoms with Gasteiger partial charge in [-0.3, -0.25) is 4.98 Å². The number of aromatic nitrogens is 2. The van der Waals surface area contributed by atoms with Crippen molar-refractivity contribution < 1.29 is 9.53 Å². The van der Waals surface area contributed by atoms with E-state index in [1.807, 2.05) is 13.0 Å². The van der Waals surface area contributed by atoms with Crippen LogP contribution in [-0.2, 0) is 18.4 Å². The van der Waals surface area contributed by atoms with Gasteiger partial charge >= 0.3 is 5.97 Å². The van der Waals surface area contributed by atoms with Crippen LogP contribution in [-0.4, -0.2) is 15.5 Å². The summed E-state index contributed by atoms with van der Waals surface area (Å²) in [4.78, 5) is 15.9. The molecule has 0 bridgehead atoms. The summed E-state index contributed by atoms with van der Waals surface area (Å²) < 4.78 is 6.85. The van der Waals surface area contributed by atoms with Crippen molar-refractivity contribution in [2.24, 2.45) is 7.05 Å². The molecule has 0 radical (unpaired) electrons. The van der Waals surface area contributed by atoms with Gasteiger partial charge in [-0.1, -0.05) is 0 Å². The third-order valence-electron chi connectivity index (χ3n) is 2.54. The van der Waals surface area contributed by atoms with Gasteiger partial charge in [-0.2, -0.15) is 0 Å². The predicted molar refractivity (Wildman–Crippen MR) is 67.9 cm³/mol. The van der Waals surface area contributed by atoms with Crippen LogP contribution < -0.4 is 5.73 Å². The maximum absolute atomic E-state index is 11.8. The number of ether oxygens (including phenoxy) is 1. The maximum atomic E-state index is 11.8. The molecule has 94 valence electrons. The van der Waals surface area contributed by atoms with Crippen molar-refractivity contribution >= 4 is 11.7 Å². The van der Waals surface area contributed by atoms with E-state index >= 15 is 0 Å². The van der Waals surface area contributed by atoms with Gasteiger partial charge in [0.2, 0.25) is 0 Å². The predicted octanol–water partition coefficient (Wildman–Crippen LogP) is 1.67. The third-order valence-corrected chi connectivity index (χ3v) is 2.54. The zero-order valence-corrected chi connectivity index (χ0v) is 10.4. The van der Waals surface area contributed by atoms with E-state index < -0.39 is 5.97 Å². The van der Waals surface area contributed by atoms with Crippen molar-refractivity contribution in [3.05, 3.63) is 47.5 Å². The Morgan fingerprint density at radius 3 is 2.83 bits per heavy atom. The lowest BCUT2D eigenvalue weighted by molar-refractivity contribution is 0.0461. The highest BCUT2D eigenvalue weighted by molar-refractivity contribution is 5.89. The minimum atomic E-state index is -0.393. The fourth-order valence-corrected chi connectivity index (χ4v) is 1.71. The molecule has 5 heteroatoms. The molecule has 2 N–H and O–H groups in total. The molecule has 2 aromatic heterocycles. The third kappa shape index (κ3) is 2.68. The number of aryl methyl sites for hydroxylation is 2. The van der Waals surface area contributed by atoms with Crippen LogP contribution in [0.4, 0.5) is 5.69 Å². The summed E-state index contributed by atoms with van der Waals surface area (Å²) in [5.74, 6) is -0.393. The molecule has 18 heavy (non-hydrogen) atoms. The van der Waals surface area contributed by atoms with Crippen LogP contribution in [0.1, 0.15) is 21.6 Å². The molecule has 0 aliphatic carbocycles. The van der Waals surface area contributed by atoms with E-state index in [0.717, 1.165) is 11.1 Å². The van der Waals surface area contributed by atoms with Crippen molar-refractivity contribution in [1.29, 1.82) is 0 Å². The van der Waals surface area contributed by atoms with E-state index in [2.05, 4.69) is 4.98 Å². The average molecular weight is 245 g/mol. The standard InChI is InChI=1S/C13H15N3O2/c1-9-3-10(6-15-5-9)8-18-13(17)12-4-11(14)7-16(12)2/h3-7H,8,14H2,1-2H3. The number of rotatable bonds is 3. The van der Waals surface area contributed by atoms with Crippen LogP contribution in [0.15, 0.2) is 30.7 Å². The molecule has 2 aromatic rings. The first-order valence-electron chi connectivity index (χ1n) is 5.56. The molecule has 0 unspecified atom stereocenters. The number of esters is 1. The zero-order chi connectivity index (χ0) is 13.1. The molecule has 0 fully saturated rings. The molecule has 0 aliphatic heterocycles. The number of hydrogen-bond donors (Lipinski definition) is 1. The van der Waals surface area contributed by atoms with Crippen molar-refractivity contribution in [1.82, 2.24) is 9.55 Å². The summed E-state index contributed by atoms with van der Waals surface area (Å²) in [5.41, 5.74) is 8.49. The molecule has 2 heterocycles. The summed E-state index contributed by atoms with van der Waals surface area (Å²) in [5, 5.41) is 0. The summed E-state index contributed by atoms with van der Waals surface area (Å²) in [6, 6.07) is 3.52. The second kappa shape index (κ2) is 4.91. The molecule has 5 nitrogen and oxygen atoms in total. The molecular weight excluding hydrogens is 230 g/mol. The lowest BCUT2D eigenvalue weighted by Gasteiger charge is -2.05. The van der Waals surface area contributed by atoms with E-state index in [1.54, 1.807) is 36.3 Å². The normalized spacial score (nSPS) is 10.3. The largest absolute Gasteiger partial charge is 0.456 e. The smallest absolute Gasteiger partial charge is 0.355 e. The number of anilines is 1. The molecule has 2 rings (SSSR count). The van der Waals surface area contributed by atoms with E-state index in [0.29, 0.717) is 11.4 Å². The summed E-state index contributed by atoms with van der Waals surface area (Å²) in [6.07, 6.45) is 5.10. The first-order valence-corrected chi connectivity index (χ1v) is 5.56. The van der Waals surface area contributed by atoms with Gasteiger partial charge in [-0.15, -0.1) is 0 Å². The second-order valence-electron chi connectivity index (χ2n) is 4.22. The number of carbonyl (C=O) groups is 1. The Hall–Kier alpha value is -2.30. The van der Waals surface area contributed by atoms with Crippen LogP contribution in [0.5, 0.6) is 0 Å². The van der Waals surface area contributed by atoms with Crippen LogP contribution in [0, 0.1) is 6.92 Å². The fraction of sp³-hybridized carbons (Fsp3) is 0.231. The van der Waals surface area contributed by atoms with Gasteiger partial charge in [-0.05, 0) is 24.6 Å². The van der Waals surface area contributed by atoms with Gasteiger partial charge in [0.25, 0.3) is 0 Å². The molecule has 0 spiro atoms. The van der Waals surface area contributed by atoms with Crippen LogP contribution >= 0.6 is 0 Å². The number of carbonyl (C=O) groups excluding carboxylic acids is 1. The first-order chi connectivity index (χ1) is 8.56. The highest BCUT2D eigenvalue weighted by Gasteiger charge is 2.12.